The van der Waals surface area contributed by atoms with Gasteiger partial charge in [-0.2, -0.15) is 0 Å². The summed E-state index contributed by atoms with van der Waals surface area (Å²) in [6.07, 6.45) is 1.27. The lowest BCUT2D eigenvalue weighted by Gasteiger charge is -1.90. The molecule has 1 heterocycles. The monoisotopic (exact) mass is 158 g/mol. The van der Waals surface area contributed by atoms with Crippen molar-refractivity contribution in [1.82, 2.24) is 0 Å². The van der Waals surface area contributed by atoms with Crippen LogP contribution in [0.3, 0.4) is 0 Å². The van der Waals surface area contributed by atoms with Gasteiger partial charge < -0.3 is 0 Å². The van der Waals surface area contributed by atoms with Gasteiger partial charge in [-0.25, -0.2) is 0 Å². The highest BCUT2D eigenvalue weighted by molar-refractivity contribution is 8.01. The molecule has 1 aromatic heterocycles. The van der Waals surface area contributed by atoms with Gasteiger partial charge in [0.25, 0.3) is 0 Å². The fourth-order valence-electron chi connectivity index (χ4n) is 0.548. The van der Waals surface area contributed by atoms with Crippen LogP contribution in [0.25, 0.3) is 0 Å². The second kappa shape index (κ2) is 3.96. The van der Waals surface area contributed by atoms with Gasteiger partial charge in [0.1, 0.15) is 0 Å². The molecule has 0 N–H and O–H groups in total. The van der Waals surface area contributed by atoms with Crippen LogP contribution in [-0.4, -0.2) is 5.75 Å². The largest absolute Gasteiger partial charge is 0.137 e. The van der Waals surface area contributed by atoms with Crippen molar-refractivity contribution >= 4 is 23.1 Å². The van der Waals surface area contributed by atoms with Crippen molar-refractivity contribution in [1.29, 1.82) is 0 Å². The summed E-state index contributed by atoms with van der Waals surface area (Å²) in [6.45, 7) is 2.21. The van der Waals surface area contributed by atoms with E-state index in [0.717, 1.165) is 0 Å². The Labute approximate surface area is 64.3 Å². The molecule has 1 aromatic rings. The molecule has 0 aliphatic carbocycles. The smallest absolute Gasteiger partial charge is 0.0598 e. The van der Waals surface area contributed by atoms with E-state index in [1.165, 1.54) is 16.4 Å². The van der Waals surface area contributed by atoms with E-state index in [2.05, 4.69) is 24.4 Å². The first-order valence-electron chi connectivity index (χ1n) is 3.10. The molecule has 1 rings (SSSR count). The van der Waals surface area contributed by atoms with Gasteiger partial charge >= 0.3 is 0 Å². The first kappa shape index (κ1) is 7.16. The third-order valence-electron chi connectivity index (χ3n) is 0.944. The van der Waals surface area contributed by atoms with E-state index in [9.17, 15) is 0 Å². The maximum absolute atomic E-state index is 2.21. The van der Waals surface area contributed by atoms with Crippen LogP contribution in [0.2, 0.25) is 0 Å². The van der Waals surface area contributed by atoms with E-state index in [-0.39, 0.29) is 0 Å². The van der Waals surface area contributed by atoms with Gasteiger partial charge in [0, 0.05) is 0 Å². The second-order valence-corrected chi connectivity index (χ2v) is 4.12. The van der Waals surface area contributed by atoms with Crippen LogP contribution < -0.4 is 0 Å². The first-order chi connectivity index (χ1) is 4.43. The molecule has 9 heavy (non-hydrogen) atoms. The predicted molar refractivity (Wildman–Crippen MR) is 45.3 cm³/mol. The first-order valence-corrected chi connectivity index (χ1v) is 4.96. The molecule has 0 saturated heterocycles. The minimum Gasteiger partial charge on any atom is -0.137 e. The normalized spacial score (nSPS) is 9.89. The van der Waals surface area contributed by atoms with Crippen LogP contribution in [0.4, 0.5) is 0 Å². The summed E-state index contributed by atoms with van der Waals surface area (Å²) in [5, 5.41) is 2.12. The van der Waals surface area contributed by atoms with E-state index < -0.39 is 0 Å². The fourth-order valence-corrected chi connectivity index (χ4v) is 2.27. The molecule has 0 aliphatic rings. The molecule has 0 spiro atoms. The van der Waals surface area contributed by atoms with Crippen LogP contribution >= 0.6 is 23.1 Å². The zero-order valence-electron chi connectivity index (χ0n) is 5.46. The van der Waals surface area contributed by atoms with Gasteiger partial charge in [-0.15, -0.1) is 23.1 Å². The van der Waals surface area contributed by atoms with Crippen molar-refractivity contribution in [3.63, 3.8) is 0 Å². The van der Waals surface area contributed by atoms with Gasteiger partial charge in [-0.05, 0) is 23.6 Å². The quantitative estimate of drug-likeness (QED) is 0.608. The predicted octanol–water partition coefficient (Wildman–Crippen LogP) is 3.25. The zero-order valence-corrected chi connectivity index (χ0v) is 7.10. The molecule has 0 saturated carbocycles. The van der Waals surface area contributed by atoms with Crippen molar-refractivity contribution < 1.29 is 0 Å². The lowest BCUT2D eigenvalue weighted by Crippen LogP contribution is -1.68. The van der Waals surface area contributed by atoms with Crippen LogP contribution in [0.5, 0.6) is 0 Å². The van der Waals surface area contributed by atoms with Gasteiger partial charge in [0.05, 0.1) is 4.21 Å². The summed E-state index contributed by atoms with van der Waals surface area (Å²) in [6, 6.07) is 4.27. The summed E-state index contributed by atoms with van der Waals surface area (Å²) in [5.74, 6) is 1.25. The van der Waals surface area contributed by atoms with E-state index in [1.54, 1.807) is 0 Å². The van der Waals surface area contributed by atoms with E-state index in [4.69, 9.17) is 0 Å². The van der Waals surface area contributed by atoms with Crippen molar-refractivity contribution in [3.8, 4) is 0 Å². The molecule has 0 amide bonds. The molecule has 0 unspecified atom stereocenters. The van der Waals surface area contributed by atoms with Crippen molar-refractivity contribution in [2.45, 2.75) is 17.6 Å². The average molecular weight is 158 g/mol. The maximum atomic E-state index is 2.21. The summed E-state index contributed by atoms with van der Waals surface area (Å²) in [7, 11) is 0. The van der Waals surface area contributed by atoms with Crippen molar-refractivity contribution in [2.75, 3.05) is 5.75 Å². The Bertz CT molecular complexity index is 144. The topological polar surface area (TPSA) is 0 Å². The van der Waals surface area contributed by atoms with E-state index >= 15 is 0 Å². The minimum absolute atomic E-state index is 1.25. The molecule has 0 radical (unpaired) electrons. The molecular formula is C7H10S2. The molecule has 0 nitrogen and oxygen atoms in total. The Morgan fingerprint density at radius 3 is 3.11 bits per heavy atom. The lowest BCUT2D eigenvalue weighted by atomic mass is 10.6. The van der Waals surface area contributed by atoms with E-state index in [0.29, 0.717) is 0 Å². The van der Waals surface area contributed by atoms with Crippen LogP contribution in [0, 0.1) is 0 Å². The number of hydrogen-bond acceptors (Lipinski definition) is 2. The minimum atomic E-state index is 1.25. The number of hydrogen-bond donors (Lipinski definition) is 0. The van der Waals surface area contributed by atoms with Crippen molar-refractivity contribution in [2.24, 2.45) is 0 Å². The van der Waals surface area contributed by atoms with E-state index in [1.807, 2.05) is 23.1 Å². The van der Waals surface area contributed by atoms with Crippen LogP contribution in [0.1, 0.15) is 13.3 Å². The van der Waals surface area contributed by atoms with Gasteiger partial charge in [0.15, 0.2) is 0 Å². The highest BCUT2D eigenvalue weighted by Gasteiger charge is 1.89. The van der Waals surface area contributed by atoms with Gasteiger partial charge in [0.2, 0.25) is 0 Å². The second-order valence-electron chi connectivity index (χ2n) is 1.78. The highest BCUT2D eigenvalue weighted by atomic mass is 32.2. The molecule has 0 bridgehead atoms. The molecule has 0 atom stereocenters. The molecule has 2 heteroatoms. The van der Waals surface area contributed by atoms with Crippen LogP contribution in [-0.2, 0) is 0 Å². The lowest BCUT2D eigenvalue weighted by molar-refractivity contribution is 1.11. The number of thioether (sulfide) groups is 1. The zero-order chi connectivity index (χ0) is 6.53. The SMILES string of the molecule is CCCSc1cccs1. The fraction of sp³-hybridized carbons (Fsp3) is 0.429. The summed E-state index contributed by atoms with van der Waals surface area (Å²) in [5.41, 5.74) is 0. The molecule has 0 aliphatic heterocycles. The third-order valence-corrected chi connectivity index (χ3v) is 3.28. The average Bonchev–Trinajstić information content (AvgIpc) is 2.34. The Balaban J connectivity index is 2.30. The highest BCUT2D eigenvalue weighted by Crippen LogP contribution is 2.23. The van der Waals surface area contributed by atoms with Gasteiger partial charge in [-0.1, -0.05) is 13.0 Å². The summed E-state index contributed by atoms with van der Waals surface area (Å²) < 4.78 is 1.44. The number of rotatable bonds is 3. The Morgan fingerprint density at radius 2 is 2.56 bits per heavy atom. The van der Waals surface area contributed by atoms with Crippen molar-refractivity contribution in [3.05, 3.63) is 17.5 Å². The van der Waals surface area contributed by atoms with Gasteiger partial charge in [-0.3, -0.25) is 0 Å². The summed E-state index contributed by atoms with van der Waals surface area (Å²) in [4.78, 5) is 0. The maximum Gasteiger partial charge on any atom is 0.0598 e. The molecule has 0 aromatic carbocycles. The third kappa shape index (κ3) is 2.41. The number of thiophene rings is 1. The standard InChI is InChI=1S/C7H10S2/c1-2-5-8-7-4-3-6-9-7/h3-4,6H,2,5H2,1H3. The summed E-state index contributed by atoms with van der Waals surface area (Å²) >= 11 is 3.77. The molecule has 0 fully saturated rings. The molecular weight excluding hydrogens is 148 g/mol. The Hall–Kier alpha value is 0.0500. The molecule has 50 valence electrons. The Kier molecular flexibility index (Phi) is 3.15. The Morgan fingerprint density at radius 1 is 1.67 bits per heavy atom. The van der Waals surface area contributed by atoms with Crippen LogP contribution in [0.15, 0.2) is 21.7 Å².